The first-order chi connectivity index (χ1) is 29.2. The third-order valence-electron chi connectivity index (χ3n) is 12.1. The number of hydrogen-bond donors (Lipinski definition) is 2. The molecule has 4 atom stereocenters. The maximum atomic E-state index is 14.9. The number of hydrogen-bond acceptors (Lipinski definition) is 7. The molecular formula is C50H74N4O7Si. The van der Waals surface area contributed by atoms with Gasteiger partial charge in [0, 0.05) is 31.6 Å². The van der Waals surface area contributed by atoms with Crippen molar-refractivity contribution in [3.63, 3.8) is 0 Å². The van der Waals surface area contributed by atoms with Crippen LogP contribution in [0.25, 0.3) is 0 Å². The molecule has 3 aromatic carbocycles. The largest absolute Gasteiger partial charge is 0.445 e. The first-order valence-electron chi connectivity index (χ1n) is 22.5. The maximum absolute atomic E-state index is 14.9. The molecule has 4 rings (SSSR count). The summed E-state index contributed by atoms with van der Waals surface area (Å²) < 4.78 is 18.7. The van der Waals surface area contributed by atoms with Gasteiger partial charge in [-0.2, -0.15) is 0 Å². The van der Waals surface area contributed by atoms with Gasteiger partial charge in [0.1, 0.15) is 18.2 Å². The van der Waals surface area contributed by atoms with Crippen molar-refractivity contribution in [1.82, 2.24) is 20.4 Å². The summed E-state index contributed by atoms with van der Waals surface area (Å²) in [6.07, 6.45) is 0.890. The molecule has 1 heterocycles. The summed E-state index contributed by atoms with van der Waals surface area (Å²) >= 11 is 0. The van der Waals surface area contributed by atoms with Crippen LogP contribution >= 0.6 is 0 Å². The van der Waals surface area contributed by atoms with E-state index in [1.54, 1.807) is 4.90 Å². The Kier molecular flexibility index (Phi) is 18.2. The number of rotatable bonds is 18. The van der Waals surface area contributed by atoms with E-state index in [2.05, 4.69) is 44.5 Å². The molecule has 4 amide bonds. The summed E-state index contributed by atoms with van der Waals surface area (Å²) in [4.78, 5) is 59.5. The summed E-state index contributed by atoms with van der Waals surface area (Å²) in [6, 6.07) is 28.1. The van der Waals surface area contributed by atoms with Gasteiger partial charge in [-0.3, -0.25) is 9.59 Å². The lowest BCUT2D eigenvalue weighted by Crippen LogP contribution is -2.57. The van der Waals surface area contributed by atoms with Crippen molar-refractivity contribution in [1.29, 1.82) is 0 Å². The van der Waals surface area contributed by atoms with Gasteiger partial charge >= 0.3 is 12.2 Å². The van der Waals surface area contributed by atoms with E-state index < -0.39 is 44.1 Å². The Labute approximate surface area is 372 Å². The zero-order valence-electron chi connectivity index (χ0n) is 39.2. The second-order valence-corrected chi connectivity index (χ2v) is 24.4. The molecule has 0 aliphatic carbocycles. The molecule has 12 heteroatoms. The summed E-state index contributed by atoms with van der Waals surface area (Å²) in [5.41, 5.74) is 2.20. The normalized spacial score (nSPS) is 15.8. The molecule has 62 heavy (non-hydrogen) atoms. The monoisotopic (exact) mass is 871 g/mol. The number of piperidine rings is 1. The summed E-state index contributed by atoms with van der Waals surface area (Å²) in [6.45, 7) is 23.9. The predicted octanol–water partition coefficient (Wildman–Crippen LogP) is 9.55. The van der Waals surface area contributed by atoms with Crippen molar-refractivity contribution in [3.8, 4) is 0 Å². The van der Waals surface area contributed by atoms with Gasteiger partial charge in [-0.25, -0.2) is 9.59 Å². The minimum atomic E-state index is -2.49. The number of amides is 4. The van der Waals surface area contributed by atoms with Crippen molar-refractivity contribution in [2.75, 3.05) is 19.6 Å². The highest BCUT2D eigenvalue weighted by molar-refractivity contribution is 6.74. The quantitative estimate of drug-likeness (QED) is 0.122. The molecule has 340 valence electrons. The van der Waals surface area contributed by atoms with Crippen LogP contribution < -0.4 is 10.6 Å². The van der Waals surface area contributed by atoms with E-state index in [0.29, 0.717) is 45.3 Å². The van der Waals surface area contributed by atoms with Crippen molar-refractivity contribution < 1.29 is 33.1 Å². The fourth-order valence-corrected chi connectivity index (χ4v) is 9.00. The van der Waals surface area contributed by atoms with Crippen molar-refractivity contribution in [2.24, 2.45) is 11.8 Å². The first kappa shape index (κ1) is 50.0. The summed E-state index contributed by atoms with van der Waals surface area (Å²) in [5.74, 6) is -1.18. The molecule has 0 aromatic heterocycles. The third-order valence-corrected chi connectivity index (χ3v) is 16.6. The molecule has 0 spiro atoms. The van der Waals surface area contributed by atoms with Crippen molar-refractivity contribution in [3.05, 3.63) is 108 Å². The average Bonchev–Trinajstić information content (AvgIpc) is 3.21. The molecular weight excluding hydrogens is 797 g/mol. The Morgan fingerprint density at radius 1 is 0.774 bits per heavy atom. The molecule has 1 aliphatic rings. The standard InChI is InChI=1S/C50H74N4O7Si/c1-12-54(48(58)59-35-39-26-20-15-21-27-39)41-28-30-53(31-29-41)46(56)44(36(2)3)52-45(55)40(32-37-22-16-13-17-23-37)34-43(61-62(10,11)50(7,8)9)42(33-38-24-18-14-19-25-38)51-47(57)60-49(4,5)6/h13-27,36,40-44H,12,28-35H2,1-11H3,(H,51,57)(H,52,55)/t40?,42?,43?,44-/m0/s1. The fraction of sp³-hybridized carbons (Fsp3) is 0.560. The maximum Gasteiger partial charge on any atom is 0.410 e. The zero-order valence-corrected chi connectivity index (χ0v) is 40.2. The molecule has 1 fully saturated rings. The van der Waals surface area contributed by atoms with Crippen LogP contribution in [-0.2, 0) is 42.9 Å². The lowest BCUT2D eigenvalue weighted by atomic mass is 9.88. The Balaban J connectivity index is 1.59. The van der Waals surface area contributed by atoms with Crippen LogP contribution in [0.5, 0.6) is 0 Å². The average molecular weight is 871 g/mol. The van der Waals surface area contributed by atoms with Gasteiger partial charge in [-0.15, -0.1) is 0 Å². The fourth-order valence-electron chi connectivity index (χ4n) is 7.63. The Hall–Kier alpha value is -4.68. The summed E-state index contributed by atoms with van der Waals surface area (Å²) in [5, 5.41) is 6.23. The van der Waals surface area contributed by atoms with Gasteiger partial charge in [0.05, 0.1) is 12.1 Å². The number of nitrogens with zero attached hydrogens (tertiary/aromatic N) is 2. The zero-order chi connectivity index (χ0) is 45.7. The number of ether oxygens (including phenoxy) is 2. The predicted molar refractivity (Wildman–Crippen MR) is 249 cm³/mol. The summed E-state index contributed by atoms with van der Waals surface area (Å²) in [7, 11) is -2.49. The number of carbonyl (C=O) groups excluding carboxylic acids is 4. The Bertz CT molecular complexity index is 1860. The number of alkyl carbamates (subject to hydrolysis) is 1. The van der Waals surface area contributed by atoms with Gasteiger partial charge in [-0.05, 0) is 101 Å². The molecule has 0 saturated carbocycles. The van der Waals surface area contributed by atoms with Gasteiger partial charge in [0.15, 0.2) is 8.32 Å². The lowest BCUT2D eigenvalue weighted by molar-refractivity contribution is -0.140. The van der Waals surface area contributed by atoms with E-state index in [4.69, 9.17) is 13.9 Å². The molecule has 3 aromatic rings. The third kappa shape index (κ3) is 15.3. The first-order valence-corrected chi connectivity index (χ1v) is 25.4. The van der Waals surface area contributed by atoms with E-state index >= 15 is 0 Å². The SMILES string of the molecule is CCN(C(=O)OCc1ccccc1)C1CCN(C(=O)[C@@H](NC(=O)C(Cc2ccccc2)CC(O[Si](C)(C)C(C)(C)C)C(Cc2ccccc2)NC(=O)OC(C)(C)C)C(C)C)CC1. The van der Waals surface area contributed by atoms with Gasteiger partial charge in [0.25, 0.3) is 0 Å². The number of carbonyl (C=O) groups is 4. The van der Waals surface area contributed by atoms with E-state index in [1.807, 2.05) is 137 Å². The van der Waals surface area contributed by atoms with E-state index in [1.165, 1.54) is 0 Å². The Morgan fingerprint density at radius 3 is 1.77 bits per heavy atom. The molecule has 1 aliphatic heterocycles. The van der Waals surface area contributed by atoms with Crippen LogP contribution in [0.4, 0.5) is 9.59 Å². The van der Waals surface area contributed by atoms with Crippen LogP contribution in [0.15, 0.2) is 91.0 Å². The lowest BCUT2D eigenvalue weighted by Gasteiger charge is -2.42. The molecule has 3 unspecified atom stereocenters. The molecule has 0 bridgehead atoms. The van der Waals surface area contributed by atoms with Gasteiger partial charge in [0.2, 0.25) is 11.8 Å². The highest BCUT2D eigenvalue weighted by atomic mass is 28.4. The number of likely N-dealkylation sites (tertiary alicyclic amines) is 1. The van der Waals surface area contributed by atoms with E-state index in [9.17, 15) is 19.2 Å². The van der Waals surface area contributed by atoms with Crippen LogP contribution in [0.2, 0.25) is 18.1 Å². The number of benzene rings is 3. The minimum Gasteiger partial charge on any atom is -0.445 e. The molecule has 2 N–H and O–H groups in total. The van der Waals surface area contributed by atoms with E-state index in [0.717, 1.165) is 16.7 Å². The topological polar surface area (TPSA) is 127 Å². The molecule has 1 saturated heterocycles. The van der Waals surface area contributed by atoms with Crippen LogP contribution in [-0.4, -0.2) is 91.6 Å². The van der Waals surface area contributed by atoms with Crippen LogP contribution in [0, 0.1) is 11.8 Å². The van der Waals surface area contributed by atoms with Gasteiger partial charge < -0.3 is 34.3 Å². The van der Waals surface area contributed by atoms with Crippen molar-refractivity contribution in [2.45, 2.75) is 149 Å². The minimum absolute atomic E-state index is 0.0642. The highest BCUT2D eigenvalue weighted by Gasteiger charge is 2.43. The molecule has 0 radical (unpaired) electrons. The smallest absolute Gasteiger partial charge is 0.410 e. The Morgan fingerprint density at radius 2 is 1.29 bits per heavy atom. The van der Waals surface area contributed by atoms with Crippen molar-refractivity contribution >= 4 is 32.3 Å². The van der Waals surface area contributed by atoms with E-state index in [-0.39, 0.29) is 47.9 Å². The van der Waals surface area contributed by atoms with Crippen LogP contribution in [0.3, 0.4) is 0 Å². The second kappa shape index (κ2) is 22.6. The molecule has 11 nitrogen and oxygen atoms in total. The van der Waals surface area contributed by atoms with Crippen LogP contribution in [0.1, 0.15) is 98.3 Å². The van der Waals surface area contributed by atoms with Gasteiger partial charge in [-0.1, -0.05) is 126 Å². The highest BCUT2D eigenvalue weighted by Crippen LogP contribution is 2.39. The second-order valence-electron chi connectivity index (χ2n) is 19.6. The number of nitrogens with one attached hydrogen (secondary N) is 2.